The van der Waals surface area contributed by atoms with Gasteiger partial charge >= 0.3 is 0 Å². The van der Waals surface area contributed by atoms with Gasteiger partial charge in [0.05, 0.1) is 0 Å². The van der Waals surface area contributed by atoms with E-state index in [0.29, 0.717) is 0 Å². The van der Waals surface area contributed by atoms with Gasteiger partial charge in [0.25, 0.3) is 5.56 Å². The molecule has 0 saturated carbocycles. The van der Waals surface area contributed by atoms with Crippen LogP contribution < -0.4 is 5.56 Å². The fraction of sp³-hybridized carbons (Fsp3) is 0.167. The second-order valence-corrected chi connectivity index (χ2v) is 2.81. The summed E-state index contributed by atoms with van der Waals surface area (Å²) in [6.45, 7) is 1.25. The van der Waals surface area contributed by atoms with Gasteiger partial charge in [0.15, 0.2) is 5.78 Å². The van der Waals surface area contributed by atoms with Crippen LogP contribution in [0.3, 0.4) is 0 Å². The molecule has 0 bridgehead atoms. The number of Topliss-reactive ketones (excluding diaryl/α,β-unsaturated/α-hetero) is 1. The van der Waals surface area contributed by atoms with Gasteiger partial charge in [0.2, 0.25) is 5.28 Å². The van der Waals surface area contributed by atoms with Crippen molar-refractivity contribution in [2.24, 2.45) is 0 Å². The van der Waals surface area contributed by atoms with Crippen molar-refractivity contribution in [3.8, 4) is 0 Å². The van der Waals surface area contributed by atoms with E-state index in [9.17, 15) is 9.59 Å². The first kappa shape index (κ1) is 9.22. The minimum atomic E-state index is -0.609. The lowest BCUT2D eigenvalue weighted by atomic mass is 10.3. The molecular weight excluding hydrogens is 203 g/mol. The van der Waals surface area contributed by atoms with Crippen LogP contribution in [0.1, 0.15) is 17.4 Å². The molecule has 1 heterocycles. The Bertz CT molecular complexity index is 386. The first-order valence-electron chi connectivity index (χ1n) is 2.98. The Balaban J connectivity index is 3.48. The Morgan fingerprint density at radius 1 is 1.50 bits per heavy atom. The molecule has 0 aliphatic carbocycles. The van der Waals surface area contributed by atoms with Gasteiger partial charge in [0, 0.05) is 6.92 Å². The van der Waals surface area contributed by atoms with E-state index in [1.807, 2.05) is 0 Å². The summed E-state index contributed by atoms with van der Waals surface area (Å²) in [6.07, 6.45) is 0. The Morgan fingerprint density at radius 2 is 2.08 bits per heavy atom. The number of carbonyl (C=O) groups excluding carboxylic acids is 1. The van der Waals surface area contributed by atoms with Gasteiger partial charge in [-0.05, 0) is 11.6 Å². The van der Waals surface area contributed by atoms with Crippen molar-refractivity contribution in [2.45, 2.75) is 6.92 Å². The summed E-state index contributed by atoms with van der Waals surface area (Å²) in [6, 6.07) is 0. The number of aromatic nitrogens is 2. The van der Waals surface area contributed by atoms with E-state index in [2.05, 4.69) is 9.97 Å². The lowest BCUT2D eigenvalue weighted by molar-refractivity contribution is 0.101. The summed E-state index contributed by atoms with van der Waals surface area (Å²) in [4.78, 5) is 27.4. The lowest BCUT2D eigenvalue weighted by Gasteiger charge is -1.97. The lowest BCUT2D eigenvalue weighted by Crippen LogP contribution is -2.13. The van der Waals surface area contributed by atoms with Crippen molar-refractivity contribution in [3.05, 3.63) is 26.4 Å². The number of nitrogens with one attached hydrogen (secondary N) is 1. The summed E-state index contributed by atoms with van der Waals surface area (Å²) in [7, 11) is 0. The number of nitrogens with zero attached hydrogens (tertiary/aromatic N) is 1. The molecule has 4 nitrogen and oxygen atoms in total. The maximum absolute atomic E-state index is 10.9. The zero-order chi connectivity index (χ0) is 9.30. The van der Waals surface area contributed by atoms with Crippen LogP contribution in [0.5, 0.6) is 0 Å². The number of aromatic amines is 1. The molecule has 12 heavy (non-hydrogen) atoms. The number of halogens is 2. The van der Waals surface area contributed by atoms with E-state index in [1.165, 1.54) is 6.92 Å². The van der Waals surface area contributed by atoms with Crippen molar-refractivity contribution in [2.75, 3.05) is 0 Å². The van der Waals surface area contributed by atoms with Crippen LogP contribution >= 0.6 is 23.2 Å². The molecule has 0 saturated heterocycles. The molecule has 0 unspecified atom stereocenters. The third-order valence-corrected chi connectivity index (χ3v) is 1.70. The summed E-state index contributed by atoms with van der Waals surface area (Å²) in [5.74, 6) is -0.395. The fourth-order valence-corrected chi connectivity index (χ4v) is 1.06. The first-order chi connectivity index (χ1) is 5.52. The number of rotatable bonds is 1. The van der Waals surface area contributed by atoms with E-state index in [1.54, 1.807) is 0 Å². The van der Waals surface area contributed by atoms with Gasteiger partial charge in [-0.25, -0.2) is 4.98 Å². The van der Waals surface area contributed by atoms with E-state index in [-0.39, 0.29) is 16.0 Å². The van der Waals surface area contributed by atoms with Crippen LogP contribution in [-0.2, 0) is 0 Å². The molecule has 64 valence electrons. The Labute approximate surface area is 77.5 Å². The van der Waals surface area contributed by atoms with Crippen molar-refractivity contribution < 1.29 is 4.79 Å². The highest BCUT2D eigenvalue weighted by Crippen LogP contribution is 2.09. The summed E-state index contributed by atoms with van der Waals surface area (Å²) < 4.78 is 0. The molecule has 0 aromatic carbocycles. The van der Waals surface area contributed by atoms with E-state index in [0.717, 1.165) is 0 Å². The normalized spacial score (nSPS) is 9.92. The first-order valence-corrected chi connectivity index (χ1v) is 3.74. The summed E-state index contributed by atoms with van der Waals surface area (Å²) in [5, 5.41) is -0.374. The third kappa shape index (κ3) is 1.65. The predicted molar refractivity (Wildman–Crippen MR) is 44.9 cm³/mol. The maximum Gasteiger partial charge on any atom is 0.271 e. The van der Waals surface area contributed by atoms with Gasteiger partial charge in [-0.2, -0.15) is 0 Å². The van der Waals surface area contributed by atoms with Crippen LogP contribution in [0.25, 0.3) is 0 Å². The molecule has 0 fully saturated rings. The monoisotopic (exact) mass is 206 g/mol. The number of ketones is 1. The number of hydrogen-bond acceptors (Lipinski definition) is 3. The third-order valence-electron chi connectivity index (χ3n) is 1.17. The summed E-state index contributed by atoms with van der Waals surface area (Å²) in [5.41, 5.74) is -0.715. The fourth-order valence-electron chi connectivity index (χ4n) is 0.665. The van der Waals surface area contributed by atoms with Crippen LogP contribution in [0, 0.1) is 0 Å². The van der Waals surface area contributed by atoms with Crippen LogP contribution in [0.2, 0.25) is 10.3 Å². The van der Waals surface area contributed by atoms with Crippen LogP contribution in [-0.4, -0.2) is 15.8 Å². The van der Waals surface area contributed by atoms with Crippen LogP contribution in [0.4, 0.5) is 0 Å². The molecule has 0 amide bonds. The van der Waals surface area contributed by atoms with E-state index >= 15 is 0 Å². The molecule has 1 rings (SSSR count). The minimum Gasteiger partial charge on any atom is -0.296 e. The summed E-state index contributed by atoms with van der Waals surface area (Å²) >= 11 is 10.9. The average Bonchev–Trinajstić information content (AvgIpc) is 1.96. The molecule has 1 aromatic heterocycles. The van der Waals surface area contributed by atoms with Crippen molar-refractivity contribution >= 4 is 29.0 Å². The van der Waals surface area contributed by atoms with Crippen molar-refractivity contribution in [1.29, 1.82) is 0 Å². The van der Waals surface area contributed by atoms with E-state index in [4.69, 9.17) is 23.2 Å². The number of hydrogen-bond donors (Lipinski definition) is 1. The highest BCUT2D eigenvalue weighted by Gasteiger charge is 2.11. The Hall–Kier alpha value is -0.870. The van der Waals surface area contributed by atoms with Gasteiger partial charge in [-0.1, -0.05) is 11.6 Å². The largest absolute Gasteiger partial charge is 0.296 e. The second kappa shape index (κ2) is 3.25. The van der Waals surface area contributed by atoms with Crippen molar-refractivity contribution in [3.63, 3.8) is 0 Å². The highest BCUT2D eigenvalue weighted by atomic mass is 35.5. The van der Waals surface area contributed by atoms with Gasteiger partial charge in [0.1, 0.15) is 10.7 Å². The smallest absolute Gasteiger partial charge is 0.271 e. The van der Waals surface area contributed by atoms with E-state index < -0.39 is 11.3 Å². The molecule has 0 spiro atoms. The predicted octanol–water partition coefficient (Wildman–Crippen LogP) is 1.28. The number of carbonyl (C=O) groups is 1. The molecule has 0 atom stereocenters. The molecule has 0 aliphatic heterocycles. The molecule has 0 radical (unpaired) electrons. The molecule has 0 aliphatic rings. The SMILES string of the molecule is CC(=O)c1nc(Cl)[nH]c(=O)c1Cl. The average molecular weight is 207 g/mol. The quantitative estimate of drug-likeness (QED) is 0.557. The molecular formula is C6H4Cl2N2O2. The topological polar surface area (TPSA) is 62.8 Å². The van der Waals surface area contributed by atoms with Crippen LogP contribution in [0.15, 0.2) is 4.79 Å². The second-order valence-electron chi connectivity index (χ2n) is 2.08. The zero-order valence-electron chi connectivity index (χ0n) is 6.02. The van der Waals surface area contributed by atoms with Gasteiger partial charge in [-0.15, -0.1) is 0 Å². The Morgan fingerprint density at radius 3 is 2.58 bits per heavy atom. The molecule has 6 heteroatoms. The molecule has 1 N–H and O–H groups in total. The van der Waals surface area contributed by atoms with Crippen molar-refractivity contribution in [1.82, 2.24) is 9.97 Å². The number of H-pyrrole nitrogens is 1. The Kier molecular flexibility index (Phi) is 2.49. The highest BCUT2D eigenvalue weighted by molar-refractivity contribution is 6.34. The molecule has 1 aromatic rings. The minimum absolute atomic E-state index is 0.106. The van der Waals surface area contributed by atoms with Gasteiger partial charge < -0.3 is 0 Å². The van der Waals surface area contributed by atoms with Gasteiger partial charge in [-0.3, -0.25) is 14.6 Å². The standard InChI is InChI=1S/C6H4Cl2N2O2/c1-2(11)4-3(7)5(12)10-6(8)9-4/h1H3,(H,9,10,12). The zero-order valence-corrected chi connectivity index (χ0v) is 7.53. The maximum atomic E-state index is 10.9.